The minimum atomic E-state index is 0.118. The first-order valence-corrected chi connectivity index (χ1v) is 6.20. The van der Waals surface area contributed by atoms with Gasteiger partial charge in [0.1, 0.15) is 6.07 Å². The van der Waals surface area contributed by atoms with E-state index in [1.54, 1.807) is 6.07 Å². The lowest BCUT2D eigenvalue weighted by atomic mass is 9.98. The van der Waals surface area contributed by atoms with Crippen LogP contribution in [0.5, 0.6) is 0 Å². The lowest BCUT2D eigenvalue weighted by Crippen LogP contribution is -2.57. The standard InChI is InChI=1S/C14H20N4/c1-14(2)10-18(8-7-17(14)3)12-6-4-5-11(9-15)13(12)16/h4-6H,7-8,10,16H2,1-3H3. The first-order valence-electron chi connectivity index (χ1n) is 6.20. The monoisotopic (exact) mass is 244 g/mol. The lowest BCUT2D eigenvalue weighted by molar-refractivity contribution is 0.139. The Hall–Kier alpha value is -1.73. The first-order chi connectivity index (χ1) is 8.45. The van der Waals surface area contributed by atoms with E-state index in [-0.39, 0.29) is 5.54 Å². The Balaban J connectivity index is 2.31. The molecular weight excluding hydrogens is 224 g/mol. The molecule has 0 radical (unpaired) electrons. The molecule has 1 aliphatic rings. The summed E-state index contributed by atoms with van der Waals surface area (Å²) in [5.74, 6) is 0. The Labute approximate surface area is 109 Å². The molecule has 0 aromatic heterocycles. The van der Waals surface area contributed by atoms with Crippen LogP contribution in [0.1, 0.15) is 19.4 Å². The van der Waals surface area contributed by atoms with Crippen LogP contribution in [-0.4, -0.2) is 37.1 Å². The smallest absolute Gasteiger partial charge is 0.101 e. The van der Waals surface area contributed by atoms with Gasteiger partial charge in [0.2, 0.25) is 0 Å². The van der Waals surface area contributed by atoms with Crippen molar-refractivity contribution in [2.75, 3.05) is 37.3 Å². The zero-order valence-corrected chi connectivity index (χ0v) is 11.3. The molecule has 0 saturated carbocycles. The summed E-state index contributed by atoms with van der Waals surface area (Å²) in [4.78, 5) is 4.63. The molecule has 1 aliphatic heterocycles. The number of nitrogen functional groups attached to an aromatic ring is 1. The highest BCUT2D eigenvalue weighted by molar-refractivity contribution is 5.74. The minimum Gasteiger partial charge on any atom is -0.396 e. The number of nitrogens with two attached hydrogens (primary N) is 1. The van der Waals surface area contributed by atoms with Gasteiger partial charge in [0.15, 0.2) is 0 Å². The third-order valence-corrected chi connectivity index (χ3v) is 3.86. The molecule has 2 N–H and O–H groups in total. The predicted molar refractivity (Wildman–Crippen MR) is 74.5 cm³/mol. The Kier molecular flexibility index (Phi) is 3.18. The van der Waals surface area contributed by atoms with Crippen LogP contribution >= 0.6 is 0 Å². The molecule has 0 bridgehead atoms. The average molecular weight is 244 g/mol. The molecule has 0 atom stereocenters. The number of likely N-dealkylation sites (N-methyl/N-ethyl adjacent to an activating group) is 1. The normalized spacial score (nSPS) is 19.6. The van der Waals surface area contributed by atoms with Gasteiger partial charge in [-0.25, -0.2) is 0 Å². The van der Waals surface area contributed by atoms with Crippen molar-refractivity contribution in [2.24, 2.45) is 0 Å². The number of anilines is 2. The van der Waals surface area contributed by atoms with Crippen molar-refractivity contribution in [2.45, 2.75) is 19.4 Å². The maximum Gasteiger partial charge on any atom is 0.101 e. The van der Waals surface area contributed by atoms with Crippen molar-refractivity contribution in [3.05, 3.63) is 23.8 Å². The van der Waals surface area contributed by atoms with Gasteiger partial charge in [0.25, 0.3) is 0 Å². The van der Waals surface area contributed by atoms with Crippen molar-refractivity contribution in [3.63, 3.8) is 0 Å². The molecule has 1 heterocycles. The number of rotatable bonds is 1. The van der Waals surface area contributed by atoms with E-state index in [9.17, 15) is 0 Å². The highest BCUT2D eigenvalue weighted by Crippen LogP contribution is 2.30. The summed E-state index contributed by atoms with van der Waals surface area (Å²) in [6, 6.07) is 7.80. The van der Waals surface area contributed by atoms with Gasteiger partial charge in [0.05, 0.1) is 16.9 Å². The molecule has 0 spiro atoms. The Bertz CT molecular complexity index is 487. The highest BCUT2D eigenvalue weighted by atomic mass is 15.3. The minimum absolute atomic E-state index is 0.118. The van der Waals surface area contributed by atoms with Crippen LogP contribution in [0.4, 0.5) is 11.4 Å². The number of benzene rings is 1. The van der Waals surface area contributed by atoms with Crippen LogP contribution in [0.15, 0.2) is 18.2 Å². The van der Waals surface area contributed by atoms with Gasteiger partial charge in [-0.1, -0.05) is 6.07 Å². The van der Waals surface area contributed by atoms with Gasteiger partial charge in [-0.05, 0) is 33.0 Å². The van der Waals surface area contributed by atoms with Crippen LogP contribution in [0.2, 0.25) is 0 Å². The third kappa shape index (κ3) is 2.14. The Morgan fingerprint density at radius 3 is 2.67 bits per heavy atom. The van der Waals surface area contributed by atoms with Crippen molar-refractivity contribution in [3.8, 4) is 6.07 Å². The summed E-state index contributed by atoms with van der Waals surface area (Å²) in [6.45, 7) is 7.32. The largest absolute Gasteiger partial charge is 0.396 e. The summed E-state index contributed by atoms with van der Waals surface area (Å²) < 4.78 is 0. The van der Waals surface area contributed by atoms with E-state index >= 15 is 0 Å². The fourth-order valence-electron chi connectivity index (χ4n) is 2.37. The summed E-state index contributed by atoms with van der Waals surface area (Å²) in [7, 11) is 2.15. The predicted octanol–water partition coefficient (Wildman–Crippen LogP) is 1.67. The molecule has 0 unspecified atom stereocenters. The van der Waals surface area contributed by atoms with Crippen LogP contribution < -0.4 is 10.6 Å². The number of para-hydroxylation sites is 1. The van der Waals surface area contributed by atoms with E-state index < -0.39 is 0 Å². The molecule has 18 heavy (non-hydrogen) atoms. The number of nitrogens with zero attached hydrogens (tertiary/aromatic N) is 3. The fraction of sp³-hybridized carbons (Fsp3) is 0.500. The number of piperazine rings is 1. The lowest BCUT2D eigenvalue weighted by Gasteiger charge is -2.46. The van der Waals surface area contributed by atoms with Gasteiger partial charge in [-0.2, -0.15) is 5.26 Å². The van der Waals surface area contributed by atoms with Crippen LogP contribution in [-0.2, 0) is 0 Å². The van der Waals surface area contributed by atoms with Crippen molar-refractivity contribution < 1.29 is 0 Å². The second kappa shape index (κ2) is 4.51. The first kappa shape index (κ1) is 12.7. The number of hydrogen-bond donors (Lipinski definition) is 1. The Morgan fingerprint density at radius 1 is 1.33 bits per heavy atom. The SMILES string of the molecule is CN1CCN(c2cccc(C#N)c2N)CC1(C)C. The van der Waals surface area contributed by atoms with E-state index in [0.29, 0.717) is 11.3 Å². The second-order valence-corrected chi connectivity index (χ2v) is 5.51. The fourth-order valence-corrected chi connectivity index (χ4v) is 2.37. The quantitative estimate of drug-likeness (QED) is 0.763. The van der Waals surface area contributed by atoms with Gasteiger partial charge < -0.3 is 10.6 Å². The molecule has 4 nitrogen and oxygen atoms in total. The van der Waals surface area contributed by atoms with Gasteiger partial charge in [-0.15, -0.1) is 0 Å². The summed E-state index contributed by atoms with van der Waals surface area (Å²) >= 11 is 0. The molecule has 1 fully saturated rings. The molecule has 0 aliphatic carbocycles. The van der Waals surface area contributed by atoms with Crippen LogP contribution in [0, 0.1) is 11.3 Å². The van der Waals surface area contributed by atoms with E-state index in [4.69, 9.17) is 11.0 Å². The second-order valence-electron chi connectivity index (χ2n) is 5.51. The van der Waals surface area contributed by atoms with E-state index in [2.05, 4.69) is 36.8 Å². The average Bonchev–Trinajstić information content (AvgIpc) is 2.33. The van der Waals surface area contributed by atoms with Crippen molar-refractivity contribution in [1.82, 2.24) is 4.90 Å². The summed E-state index contributed by atoms with van der Waals surface area (Å²) in [6.07, 6.45) is 0. The van der Waals surface area contributed by atoms with Crippen molar-refractivity contribution in [1.29, 1.82) is 5.26 Å². The van der Waals surface area contributed by atoms with E-state index in [0.717, 1.165) is 25.3 Å². The molecule has 1 aromatic carbocycles. The van der Waals surface area contributed by atoms with Crippen LogP contribution in [0.25, 0.3) is 0 Å². The maximum absolute atomic E-state index is 9.03. The van der Waals surface area contributed by atoms with E-state index in [1.807, 2.05) is 12.1 Å². The third-order valence-electron chi connectivity index (χ3n) is 3.86. The van der Waals surface area contributed by atoms with E-state index in [1.165, 1.54) is 0 Å². The van der Waals surface area contributed by atoms with Gasteiger partial charge >= 0.3 is 0 Å². The number of nitriles is 1. The summed E-state index contributed by atoms with van der Waals surface area (Å²) in [5, 5.41) is 9.03. The molecule has 1 saturated heterocycles. The molecule has 0 amide bonds. The van der Waals surface area contributed by atoms with Gasteiger partial charge in [0, 0.05) is 25.2 Å². The molecule has 96 valence electrons. The molecule has 4 heteroatoms. The topological polar surface area (TPSA) is 56.3 Å². The van der Waals surface area contributed by atoms with Crippen LogP contribution in [0.3, 0.4) is 0 Å². The van der Waals surface area contributed by atoms with Crippen molar-refractivity contribution >= 4 is 11.4 Å². The zero-order chi connectivity index (χ0) is 13.3. The Morgan fingerprint density at radius 2 is 2.06 bits per heavy atom. The highest BCUT2D eigenvalue weighted by Gasteiger charge is 2.31. The molecule has 1 aromatic rings. The zero-order valence-electron chi connectivity index (χ0n) is 11.3. The summed E-state index contributed by atoms with van der Waals surface area (Å²) in [5.41, 5.74) is 8.33. The number of hydrogen-bond acceptors (Lipinski definition) is 4. The van der Waals surface area contributed by atoms with Gasteiger partial charge in [-0.3, -0.25) is 4.90 Å². The maximum atomic E-state index is 9.03. The molecular formula is C14H20N4. The molecule has 2 rings (SSSR count).